The number of ether oxygens (including phenoxy) is 2. The summed E-state index contributed by atoms with van der Waals surface area (Å²) < 4.78 is 41.6. The fourth-order valence-electron chi connectivity index (χ4n) is 3.86. The monoisotopic (exact) mass is 545 g/mol. The Morgan fingerprint density at radius 3 is 2.18 bits per heavy atom. The van der Waals surface area contributed by atoms with Crippen LogP contribution in [0.4, 0.5) is 0 Å². The number of rotatable bonds is 12. The van der Waals surface area contributed by atoms with E-state index < -0.39 is 10.1 Å². The molecule has 1 amide bonds. The molecule has 4 aromatic rings. The summed E-state index contributed by atoms with van der Waals surface area (Å²) in [5.74, 6) is 1.35. The molecule has 1 N–H and O–H groups in total. The molecule has 0 saturated carbocycles. The van der Waals surface area contributed by atoms with Crippen molar-refractivity contribution in [1.29, 1.82) is 0 Å². The summed E-state index contributed by atoms with van der Waals surface area (Å²) in [4.78, 5) is 12.6. The molecule has 202 valence electrons. The zero-order valence-electron chi connectivity index (χ0n) is 21.9. The number of benzene rings is 4. The van der Waals surface area contributed by atoms with Crippen molar-refractivity contribution in [3.8, 4) is 17.2 Å². The minimum Gasteiger partial charge on any atom is -0.493 e. The molecule has 0 heterocycles. The average molecular weight is 546 g/mol. The molecular weight excluding hydrogens is 514 g/mol. The summed E-state index contributed by atoms with van der Waals surface area (Å²) in [7, 11) is -2.32. The molecule has 0 radical (unpaired) electrons. The molecule has 0 bridgehead atoms. The lowest BCUT2D eigenvalue weighted by Crippen LogP contribution is -2.27. The lowest BCUT2D eigenvalue weighted by Gasteiger charge is -2.13. The fourth-order valence-corrected chi connectivity index (χ4v) is 4.79. The highest BCUT2D eigenvalue weighted by Gasteiger charge is 2.16. The standard InChI is InChI=1S/C31H31NO6S/c1-23-8-15-28(16-9-23)39(34,35)38-27-13-10-24(11-14-27)21-31(33)32-19-18-25-12-17-29(36-2)30(20-25)37-22-26-6-4-3-5-7-26/h3-17,20H,18-19,21-22H2,1-2H3,(H,32,33). The van der Waals surface area contributed by atoms with Crippen LogP contribution in [0.25, 0.3) is 0 Å². The number of nitrogens with one attached hydrogen (secondary N) is 1. The Hall–Kier alpha value is -4.30. The Kier molecular flexibility index (Phi) is 9.22. The molecule has 0 aromatic heterocycles. The highest BCUT2D eigenvalue weighted by Crippen LogP contribution is 2.29. The van der Waals surface area contributed by atoms with E-state index in [0.29, 0.717) is 31.1 Å². The first-order valence-corrected chi connectivity index (χ1v) is 13.9. The molecule has 0 aliphatic carbocycles. The van der Waals surface area contributed by atoms with E-state index in [-0.39, 0.29) is 23.0 Å². The third-order valence-corrected chi connectivity index (χ3v) is 7.27. The minimum absolute atomic E-state index is 0.0864. The van der Waals surface area contributed by atoms with Crippen molar-refractivity contribution in [2.24, 2.45) is 0 Å². The highest BCUT2D eigenvalue weighted by atomic mass is 32.2. The van der Waals surface area contributed by atoms with E-state index in [2.05, 4.69) is 5.32 Å². The van der Waals surface area contributed by atoms with Gasteiger partial charge in [-0.05, 0) is 66.4 Å². The van der Waals surface area contributed by atoms with Gasteiger partial charge in [-0.15, -0.1) is 0 Å². The molecule has 0 aliphatic heterocycles. The van der Waals surface area contributed by atoms with Gasteiger partial charge in [0.15, 0.2) is 11.5 Å². The number of hydrogen-bond donors (Lipinski definition) is 1. The SMILES string of the molecule is COc1ccc(CCNC(=O)Cc2ccc(OS(=O)(=O)c3ccc(C)cc3)cc2)cc1OCc1ccccc1. The Labute approximate surface area is 229 Å². The van der Waals surface area contributed by atoms with Gasteiger partial charge in [0.1, 0.15) is 17.3 Å². The van der Waals surface area contributed by atoms with E-state index in [1.165, 1.54) is 12.1 Å². The van der Waals surface area contributed by atoms with E-state index in [4.69, 9.17) is 13.7 Å². The van der Waals surface area contributed by atoms with Crippen LogP contribution in [-0.4, -0.2) is 28.0 Å². The number of methoxy groups -OCH3 is 1. The van der Waals surface area contributed by atoms with E-state index in [1.54, 1.807) is 43.5 Å². The Morgan fingerprint density at radius 1 is 0.795 bits per heavy atom. The largest absolute Gasteiger partial charge is 0.493 e. The second-order valence-electron chi connectivity index (χ2n) is 9.03. The van der Waals surface area contributed by atoms with Gasteiger partial charge >= 0.3 is 10.1 Å². The van der Waals surface area contributed by atoms with E-state index in [0.717, 1.165) is 22.3 Å². The molecule has 4 rings (SSSR count). The fraction of sp³-hybridized carbons (Fsp3) is 0.194. The number of amides is 1. The molecule has 0 aliphatic rings. The van der Waals surface area contributed by atoms with Crippen molar-refractivity contribution in [1.82, 2.24) is 5.32 Å². The lowest BCUT2D eigenvalue weighted by atomic mass is 10.1. The van der Waals surface area contributed by atoms with Crippen LogP contribution in [-0.2, 0) is 34.4 Å². The van der Waals surface area contributed by atoms with Gasteiger partial charge in [-0.1, -0.05) is 66.2 Å². The maximum atomic E-state index is 12.5. The van der Waals surface area contributed by atoms with Crippen molar-refractivity contribution in [3.05, 3.63) is 119 Å². The van der Waals surface area contributed by atoms with Crippen LogP contribution < -0.4 is 19.0 Å². The predicted molar refractivity (Wildman–Crippen MR) is 150 cm³/mol. The third-order valence-electron chi connectivity index (χ3n) is 6.00. The second-order valence-corrected chi connectivity index (χ2v) is 10.6. The van der Waals surface area contributed by atoms with Gasteiger partial charge in [0.05, 0.1) is 13.5 Å². The van der Waals surface area contributed by atoms with Gasteiger partial charge in [0, 0.05) is 6.54 Å². The molecule has 0 unspecified atom stereocenters. The number of aryl methyl sites for hydroxylation is 1. The molecule has 0 fully saturated rings. The molecular formula is C31H31NO6S. The summed E-state index contributed by atoms with van der Waals surface area (Å²) in [5.41, 5.74) is 3.77. The lowest BCUT2D eigenvalue weighted by molar-refractivity contribution is -0.120. The minimum atomic E-state index is -3.93. The zero-order chi connectivity index (χ0) is 27.7. The van der Waals surface area contributed by atoms with E-state index in [1.807, 2.05) is 55.5 Å². The van der Waals surface area contributed by atoms with Crippen LogP contribution in [0.2, 0.25) is 0 Å². The second kappa shape index (κ2) is 13.0. The third kappa shape index (κ3) is 8.09. The summed E-state index contributed by atoms with van der Waals surface area (Å²) >= 11 is 0. The molecule has 8 heteroatoms. The molecule has 0 atom stereocenters. The number of carbonyl (C=O) groups excluding carboxylic acids is 1. The van der Waals surface area contributed by atoms with Crippen LogP contribution in [0.5, 0.6) is 17.2 Å². The summed E-state index contributed by atoms with van der Waals surface area (Å²) in [5, 5.41) is 2.93. The van der Waals surface area contributed by atoms with Crippen LogP contribution >= 0.6 is 0 Å². The quantitative estimate of drug-likeness (QED) is 0.245. The highest BCUT2D eigenvalue weighted by molar-refractivity contribution is 7.87. The predicted octanol–water partition coefficient (Wildman–Crippen LogP) is 5.25. The Balaban J connectivity index is 1.26. The first-order valence-electron chi connectivity index (χ1n) is 12.5. The van der Waals surface area contributed by atoms with Gasteiger partial charge in [-0.2, -0.15) is 8.42 Å². The number of carbonyl (C=O) groups is 1. The summed E-state index contributed by atoms with van der Waals surface area (Å²) in [6, 6.07) is 28.5. The van der Waals surface area contributed by atoms with Crippen molar-refractivity contribution >= 4 is 16.0 Å². The van der Waals surface area contributed by atoms with Crippen LogP contribution in [0.3, 0.4) is 0 Å². The molecule has 0 spiro atoms. The molecule has 7 nitrogen and oxygen atoms in total. The first kappa shape index (κ1) is 27.7. The van der Waals surface area contributed by atoms with E-state index >= 15 is 0 Å². The molecule has 39 heavy (non-hydrogen) atoms. The maximum absolute atomic E-state index is 12.5. The Morgan fingerprint density at radius 2 is 1.49 bits per heavy atom. The van der Waals surface area contributed by atoms with Crippen molar-refractivity contribution in [2.75, 3.05) is 13.7 Å². The van der Waals surface area contributed by atoms with Gasteiger partial charge in [0.2, 0.25) is 5.91 Å². The van der Waals surface area contributed by atoms with Crippen molar-refractivity contribution in [3.63, 3.8) is 0 Å². The molecule has 4 aromatic carbocycles. The smallest absolute Gasteiger partial charge is 0.339 e. The summed E-state index contributed by atoms with van der Waals surface area (Å²) in [6.07, 6.45) is 0.792. The topological polar surface area (TPSA) is 90.9 Å². The Bertz CT molecular complexity index is 1480. The van der Waals surface area contributed by atoms with Crippen LogP contribution in [0.1, 0.15) is 22.3 Å². The number of hydrogen-bond acceptors (Lipinski definition) is 6. The normalized spacial score (nSPS) is 11.0. The van der Waals surface area contributed by atoms with Gasteiger partial charge < -0.3 is 19.0 Å². The van der Waals surface area contributed by atoms with Crippen LogP contribution in [0, 0.1) is 6.92 Å². The van der Waals surface area contributed by atoms with Gasteiger partial charge in [0.25, 0.3) is 0 Å². The van der Waals surface area contributed by atoms with Gasteiger partial charge in [-0.25, -0.2) is 0 Å². The van der Waals surface area contributed by atoms with Crippen molar-refractivity contribution < 1.29 is 26.9 Å². The zero-order valence-corrected chi connectivity index (χ0v) is 22.7. The van der Waals surface area contributed by atoms with Gasteiger partial charge in [-0.3, -0.25) is 4.79 Å². The average Bonchev–Trinajstić information content (AvgIpc) is 2.94. The maximum Gasteiger partial charge on any atom is 0.339 e. The van der Waals surface area contributed by atoms with E-state index in [9.17, 15) is 13.2 Å². The first-order chi connectivity index (χ1) is 18.8. The summed E-state index contributed by atoms with van der Waals surface area (Å²) in [6.45, 7) is 2.77. The van der Waals surface area contributed by atoms with Crippen molar-refractivity contribution in [2.45, 2.75) is 31.3 Å². The molecule has 0 saturated heterocycles. The van der Waals surface area contributed by atoms with Crippen LogP contribution in [0.15, 0.2) is 102 Å².